The minimum Gasteiger partial charge on any atom is -1.00 e. The molecule has 0 saturated heterocycles. The number of hydrogen-bond donors (Lipinski definition) is 1. The van der Waals surface area contributed by atoms with Gasteiger partial charge in [-0.1, -0.05) is 13.0 Å². The molecule has 1 rings (SSSR count). The topological polar surface area (TPSA) is 83.9 Å². The van der Waals surface area contributed by atoms with Crippen LogP contribution in [0.4, 0.5) is 0 Å². The van der Waals surface area contributed by atoms with Crippen LogP contribution in [0, 0.1) is 0 Å². The molecular formula is C13H22NNaO5S. The molecule has 8 heteroatoms. The third kappa shape index (κ3) is 10.00. The van der Waals surface area contributed by atoms with E-state index >= 15 is 0 Å². The van der Waals surface area contributed by atoms with Gasteiger partial charge in [0.1, 0.15) is 0 Å². The monoisotopic (exact) mass is 327 g/mol. The van der Waals surface area contributed by atoms with Crippen LogP contribution in [0.1, 0.15) is 25.1 Å². The van der Waals surface area contributed by atoms with Crippen LogP contribution in [0.5, 0.6) is 0 Å². The largest absolute Gasteiger partial charge is 1.00 e. The van der Waals surface area contributed by atoms with Gasteiger partial charge in [0.05, 0.1) is 17.1 Å². The molecule has 0 aliphatic carbocycles. The molecule has 0 unspecified atom stereocenters. The molecule has 6 nitrogen and oxygen atoms in total. The molecule has 0 fully saturated rings. The van der Waals surface area contributed by atoms with Crippen LogP contribution >= 0.6 is 0 Å². The number of nitrogens with zero attached hydrogens (tertiary/aromatic N) is 1. The van der Waals surface area contributed by atoms with E-state index in [2.05, 4.69) is 4.18 Å². The fourth-order valence-electron chi connectivity index (χ4n) is 1.05. The van der Waals surface area contributed by atoms with Crippen molar-refractivity contribution in [3.8, 4) is 0 Å². The van der Waals surface area contributed by atoms with Crippen molar-refractivity contribution in [3.63, 3.8) is 0 Å². The molecule has 0 radical (unpaired) electrons. The Balaban J connectivity index is -0.000000538. The van der Waals surface area contributed by atoms with Crippen molar-refractivity contribution in [3.05, 3.63) is 29.8 Å². The van der Waals surface area contributed by atoms with Gasteiger partial charge >= 0.3 is 35.5 Å². The van der Waals surface area contributed by atoms with Gasteiger partial charge in [0.25, 0.3) is 10.1 Å². The molecule has 0 atom stereocenters. The van der Waals surface area contributed by atoms with Crippen LogP contribution in [0.3, 0.4) is 0 Å². The zero-order valence-corrected chi connectivity index (χ0v) is 16.0. The summed E-state index contributed by atoms with van der Waals surface area (Å²) >= 11 is 0. The van der Waals surface area contributed by atoms with E-state index in [-0.39, 0.29) is 48.0 Å². The third-order valence-electron chi connectivity index (χ3n) is 1.81. The van der Waals surface area contributed by atoms with Gasteiger partial charge in [-0.05, 0) is 45.8 Å². The van der Waals surface area contributed by atoms with Crippen LogP contribution < -0.4 is 29.6 Å². The summed E-state index contributed by atoms with van der Waals surface area (Å²) in [5.41, 5.74) is -0.0822. The van der Waals surface area contributed by atoms with Crippen LogP contribution in [0.25, 0.3) is 0 Å². The van der Waals surface area contributed by atoms with E-state index in [1.54, 1.807) is 6.92 Å². The van der Waals surface area contributed by atoms with Crippen molar-refractivity contribution in [2.45, 2.75) is 18.2 Å². The smallest absolute Gasteiger partial charge is 1.00 e. The van der Waals surface area contributed by atoms with E-state index in [0.29, 0.717) is 6.42 Å². The molecule has 116 valence electrons. The normalized spacial score (nSPS) is 10.3. The number of hydrogen-bond acceptors (Lipinski definition) is 5. The molecule has 1 aromatic rings. The van der Waals surface area contributed by atoms with E-state index in [0.717, 1.165) is 6.07 Å². The Morgan fingerprint density at radius 2 is 1.86 bits per heavy atom. The first-order valence-electron chi connectivity index (χ1n) is 6.04. The molecule has 0 amide bonds. The number of carbonyl (C=O) groups is 1. The number of benzene rings is 1. The van der Waals surface area contributed by atoms with Gasteiger partial charge in [0.2, 0.25) is 0 Å². The number of aromatic carboxylic acids is 1. The van der Waals surface area contributed by atoms with Crippen LogP contribution in [-0.2, 0) is 14.3 Å². The number of rotatable bonds is 5. The van der Waals surface area contributed by atoms with Gasteiger partial charge in [-0.2, -0.15) is 8.42 Å². The second-order valence-electron chi connectivity index (χ2n) is 4.45. The molecule has 0 spiro atoms. The molecule has 0 aromatic heterocycles. The summed E-state index contributed by atoms with van der Waals surface area (Å²) in [5, 5.41) is 8.72. The Hall–Kier alpha value is -0.440. The van der Waals surface area contributed by atoms with Gasteiger partial charge in [-0.3, -0.25) is 4.18 Å². The Morgan fingerprint density at radius 3 is 2.29 bits per heavy atom. The SMILES string of the molecule is CCCOS(=O)(=O)c1cccc(C(=O)O)c1.CN(C)C.[H-].[Na+]. The average molecular weight is 327 g/mol. The molecule has 1 aromatic carbocycles. The molecule has 0 aliphatic rings. The maximum Gasteiger partial charge on any atom is 1.00 e. The molecule has 0 bridgehead atoms. The Kier molecular flexibility index (Phi) is 12.1. The van der Waals surface area contributed by atoms with Gasteiger partial charge in [-0.25, -0.2) is 4.79 Å². The summed E-state index contributed by atoms with van der Waals surface area (Å²) in [6, 6.07) is 5.07. The maximum absolute atomic E-state index is 11.6. The first kappa shape index (κ1) is 22.8. The van der Waals surface area contributed by atoms with Gasteiger partial charge in [0, 0.05) is 0 Å². The van der Waals surface area contributed by atoms with E-state index in [4.69, 9.17) is 5.11 Å². The van der Waals surface area contributed by atoms with Gasteiger partial charge in [0.15, 0.2) is 0 Å². The third-order valence-corrected chi connectivity index (χ3v) is 3.12. The maximum atomic E-state index is 11.6. The standard InChI is InChI=1S/C10H12O5S.C3H9N.Na.H/c1-2-6-15-16(13,14)9-5-3-4-8(7-9)10(11)12;1-4(2)3;;/h3-5,7H,2,6H2,1H3,(H,11,12);1-3H3;;/q;;+1;-1. The van der Waals surface area contributed by atoms with Crippen molar-refractivity contribution in [2.75, 3.05) is 27.7 Å². The summed E-state index contributed by atoms with van der Waals surface area (Å²) < 4.78 is 27.8. The Bertz CT molecular complexity index is 534. The first-order chi connectivity index (χ1) is 9.20. The molecular weight excluding hydrogens is 305 g/mol. The van der Waals surface area contributed by atoms with Crippen molar-refractivity contribution in [1.29, 1.82) is 0 Å². The van der Waals surface area contributed by atoms with Crippen molar-refractivity contribution in [2.24, 2.45) is 0 Å². The van der Waals surface area contributed by atoms with E-state index in [1.165, 1.54) is 18.2 Å². The summed E-state index contributed by atoms with van der Waals surface area (Å²) in [6.07, 6.45) is 0.567. The summed E-state index contributed by atoms with van der Waals surface area (Å²) in [5.74, 6) is -1.17. The van der Waals surface area contributed by atoms with Crippen LogP contribution in [0.15, 0.2) is 29.2 Å². The summed E-state index contributed by atoms with van der Waals surface area (Å²) in [6.45, 7) is 1.86. The number of carboxylic acid groups (broad SMARTS) is 1. The molecule has 21 heavy (non-hydrogen) atoms. The average Bonchev–Trinajstić information content (AvgIpc) is 2.36. The van der Waals surface area contributed by atoms with Gasteiger partial charge < -0.3 is 11.4 Å². The van der Waals surface area contributed by atoms with E-state index in [9.17, 15) is 13.2 Å². The predicted molar refractivity (Wildman–Crippen MR) is 77.6 cm³/mol. The van der Waals surface area contributed by atoms with E-state index in [1.807, 2.05) is 26.0 Å². The fraction of sp³-hybridized carbons (Fsp3) is 0.462. The fourth-order valence-corrected chi connectivity index (χ4v) is 2.08. The van der Waals surface area contributed by atoms with Gasteiger partial charge in [-0.15, -0.1) is 0 Å². The predicted octanol–water partition coefficient (Wildman–Crippen LogP) is -1.21. The minimum atomic E-state index is -3.84. The van der Waals surface area contributed by atoms with Crippen LogP contribution in [-0.4, -0.2) is 52.1 Å². The quantitative estimate of drug-likeness (QED) is 0.540. The second kappa shape index (κ2) is 11.2. The van der Waals surface area contributed by atoms with Crippen molar-refractivity contribution >= 4 is 16.1 Å². The molecule has 0 saturated carbocycles. The van der Waals surface area contributed by atoms with E-state index < -0.39 is 16.1 Å². The van der Waals surface area contributed by atoms with Crippen molar-refractivity contribution in [1.82, 2.24) is 4.90 Å². The van der Waals surface area contributed by atoms with Crippen LogP contribution in [0.2, 0.25) is 0 Å². The Labute approximate surface area is 150 Å². The first-order valence-corrected chi connectivity index (χ1v) is 7.45. The summed E-state index contributed by atoms with van der Waals surface area (Å²) in [7, 11) is 2.16. The summed E-state index contributed by atoms with van der Waals surface area (Å²) in [4.78, 5) is 12.5. The van der Waals surface area contributed by atoms with Crippen molar-refractivity contribution < 1.29 is 53.5 Å². The molecule has 0 aliphatic heterocycles. The minimum absolute atomic E-state index is 0. The number of carboxylic acids is 1. The Morgan fingerprint density at radius 1 is 1.33 bits per heavy atom. The zero-order valence-electron chi connectivity index (χ0n) is 14.2. The molecule has 0 heterocycles. The molecule has 1 N–H and O–H groups in total. The second-order valence-corrected chi connectivity index (χ2v) is 6.07. The zero-order chi connectivity index (χ0) is 15.8.